The third-order valence-corrected chi connectivity index (χ3v) is 11.2. The van der Waals surface area contributed by atoms with Gasteiger partial charge in [-0.2, -0.15) is 0 Å². The van der Waals surface area contributed by atoms with Crippen molar-refractivity contribution in [2.45, 2.75) is 70.5 Å². The summed E-state index contributed by atoms with van der Waals surface area (Å²) in [5, 5.41) is 0.0546. The minimum atomic E-state index is -2.00. The first kappa shape index (κ1) is 23.1. The highest BCUT2D eigenvalue weighted by molar-refractivity contribution is 9.10. The topological polar surface area (TPSA) is 44.3 Å². The van der Waals surface area contributed by atoms with Crippen LogP contribution in [0.5, 0.6) is 0 Å². The van der Waals surface area contributed by atoms with Crippen LogP contribution in [0.25, 0.3) is 0 Å². The van der Waals surface area contributed by atoms with E-state index >= 15 is 0 Å². The van der Waals surface area contributed by atoms with E-state index in [2.05, 4.69) is 54.5 Å². The van der Waals surface area contributed by atoms with Crippen LogP contribution < -0.4 is 4.72 Å². The second kappa shape index (κ2) is 8.40. The molecule has 0 saturated heterocycles. The summed E-state index contributed by atoms with van der Waals surface area (Å²) in [7, 11) is -2.00. The lowest BCUT2D eigenvalue weighted by Gasteiger charge is -2.37. The molecule has 0 aliphatic carbocycles. The quantitative estimate of drug-likeness (QED) is 0.445. The zero-order chi connectivity index (χ0) is 19.6. The molecule has 1 aromatic carbocycles. The Morgan fingerprint density at radius 1 is 1.24 bits per heavy atom. The molecule has 25 heavy (non-hydrogen) atoms. The summed E-state index contributed by atoms with van der Waals surface area (Å²) < 4.78 is 36.6. The first-order valence-corrected chi connectivity index (χ1v) is 13.3. The maximum absolute atomic E-state index is 14.5. The van der Waals surface area contributed by atoms with Gasteiger partial charge in [0.1, 0.15) is 16.6 Å². The van der Waals surface area contributed by atoms with E-state index in [1.54, 1.807) is 12.1 Å². The first-order chi connectivity index (χ1) is 11.1. The summed E-state index contributed by atoms with van der Waals surface area (Å²) in [6, 6.07) is 4.46. The molecule has 0 spiro atoms. The van der Waals surface area contributed by atoms with E-state index in [0.29, 0.717) is 10.0 Å². The van der Waals surface area contributed by atoms with Crippen LogP contribution in [-0.2, 0) is 15.8 Å². The highest BCUT2D eigenvalue weighted by Crippen LogP contribution is 2.37. The van der Waals surface area contributed by atoms with E-state index in [9.17, 15) is 8.94 Å². The number of hydrogen-bond acceptors (Lipinski definition) is 3. The molecule has 0 fully saturated rings. The lowest BCUT2D eigenvalue weighted by Crippen LogP contribution is -2.46. The fraction of sp³-hybridized carbons (Fsp3) is 0.667. The Bertz CT molecular complexity index is 587. The van der Waals surface area contributed by atoms with Gasteiger partial charge < -0.3 is 8.98 Å². The van der Waals surface area contributed by atoms with Crippen LogP contribution in [-0.4, -0.2) is 24.2 Å². The van der Waals surface area contributed by atoms with Gasteiger partial charge in [0.25, 0.3) is 0 Å². The number of hydrogen-bond donors (Lipinski definition) is 1. The van der Waals surface area contributed by atoms with E-state index in [0.717, 1.165) is 0 Å². The molecule has 0 saturated carbocycles. The van der Waals surface area contributed by atoms with Crippen molar-refractivity contribution in [3.05, 3.63) is 34.1 Å². The van der Waals surface area contributed by atoms with E-state index < -0.39 is 30.5 Å². The maximum atomic E-state index is 14.5. The molecule has 0 radical (unpaired) electrons. The van der Waals surface area contributed by atoms with Crippen molar-refractivity contribution in [1.82, 2.24) is 4.72 Å². The van der Waals surface area contributed by atoms with Crippen molar-refractivity contribution in [2.24, 2.45) is 0 Å². The maximum Gasteiger partial charge on any atom is 0.192 e. The molecule has 0 amide bonds. The zero-order valence-electron chi connectivity index (χ0n) is 16.5. The number of nitrogens with one attached hydrogen (secondary N) is 1. The van der Waals surface area contributed by atoms with Crippen molar-refractivity contribution in [1.29, 1.82) is 0 Å². The molecule has 0 aromatic heterocycles. The van der Waals surface area contributed by atoms with Crippen LogP contribution in [0.2, 0.25) is 18.1 Å². The van der Waals surface area contributed by atoms with E-state index in [1.165, 1.54) is 6.07 Å². The lowest BCUT2D eigenvalue weighted by atomic mass is 10.1. The van der Waals surface area contributed by atoms with Crippen molar-refractivity contribution in [3.8, 4) is 0 Å². The molecule has 0 bridgehead atoms. The molecular formula is C18H31BrFNO2SSi. The summed E-state index contributed by atoms with van der Waals surface area (Å²) in [4.78, 5) is 0. The number of rotatable bonds is 6. The summed E-state index contributed by atoms with van der Waals surface area (Å²) >= 11 is 1.96. The van der Waals surface area contributed by atoms with Crippen LogP contribution in [0.15, 0.2) is 22.7 Å². The van der Waals surface area contributed by atoms with Crippen LogP contribution in [0.3, 0.4) is 0 Å². The molecule has 1 aromatic rings. The van der Waals surface area contributed by atoms with Gasteiger partial charge in [-0.15, -0.1) is 4.72 Å². The smallest absolute Gasteiger partial charge is 0.192 e. The van der Waals surface area contributed by atoms with Gasteiger partial charge in [-0.3, -0.25) is 0 Å². The minimum absolute atomic E-state index is 0.0546. The second-order valence-corrected chi connectivity index (χ2v) is 16.5. The van der Waals surface area contributed by atoms with Crippen LogP contribution in [0.1, 0.15) is 53.1 Å². The second-order valence-electron chi connectivity index (χ2n) is 8.79. The predicted octanol–water partition coefficient (Wildman–Crippen LogP) is 5.70. The van der Waals surface area contributed by atoms with Gasteiger partial charge in [0.05, 0.1) is 6.61 Å². The number of halogens is 2. The molecular weight excluding hydrogens is 421 g/mol. The minimum Gasteiger partial charge on any atom is -0.598 e. The van der Waals surface area contributed by atoms with Crippen LogP contribution in [0, 0.1) is 5.82 Å². The summed E-state index contributed by atoms with van der Waals surface area (Å²) in [5.74, 6) is -0.336. The molecule has 1 unspecified atom stereocenters. The van der Waals surface area contributed by atoms with Gasteiger partial charge >= 0.3 is 0 Å². The Morgan fingerprint density at radius 3 is 2.24 bits per heavy atom. The summed E-state index contributed by atoms with van der Waals surface area (Å²) in [6.07, 6.45) is 0. The van der Waals surface area contributed by atoms with Gasteiger partial charge in [0.2, 0.25) is 0 Å². The Hall–Kier alpha value is 0.0769. The fourth-order valence-electron chi connectivity index (χ4n) is 1.79. The normalized spacial score (nSPS) is 16.0. The predicted molar refractivity (Wildman–Crippen MR) is 111 cm³/mol. The summed E-state index contributed by atoms with van der Waals surface area (Å²) in [5.41, 5.74) is 0.472. The SMILES string of the molecule is CC(C)(C)[S@+]([O-])NC(CO[Si](C)(C)C(C)(C)C)c1ccc(Br)cc1F. The van der Waals surface area contributed by atoms with E-state index in [4.69, 9.17) is 4.43 Å². The lowest BCUT2D eigenvalue weighted by molar-refractivity contribution is 0.253. The van der Waals surface area contributed by atoms with Gasteiger partial charge in [-0.1, -0.05) is 42.8 Å². The van der Waals surface area contributed by atoms with Crippen molar-refractivity contribution >= 4 is 35.6 Å². The Labute approximate surface area is 164 Å². The first-order valence-electron chi connectivity index (χ1n) is 8.42. The molecule has 0 heterocycles. The average Bonchev–Trinajstić information content (AvgIpc) is 2.41. The standard InChI is InChI=1S/C18H31BrFNO2SSi/c1-17(2,3)24(22)21-16(12-23-25(7,8)18(4,5)6)14-10-9-13(19)11-15(14)20/h9-11,16,21H,12H2,1-8H3/t16?,24-/m0/s1. The van der Waals surface area contributed by atoms with Crippen molar-refractivity contribution in [3.63, 3.8) is 0 Å². The Morgan fingerprint density at radius 2 is 1.80 bits per heavy atom. The number of benzene rings is 1. The van der Waals surface area contributed by atoms with Crippen LogP contribution >= 0.6 is 15.9 Å². The van der Waals surface area contributed by atoms with Gasteiger partial charge in [-0.25, -0.2) is 4.39 Å². The van der Waals surface area contributed by atoms with Gasteiger partial charge in [-0.05, 0) is 51.0 Å². The van der Waals surface area contributed by atoms with Gasteiger partial charge in [0.15, 0.2) is 8.32 Å². The Kier molecular flexibility index (Phi) is 7.76. The molecule has 0 aliphatic heterocycles. The monoisotopic (exact) mass is 451 g/mol. The van der Waals surface area contributed by atoms with E-state index in [-0.39, 0.29) is 17.5 Å². The largest absolute Gasteiger partial charge is 0.598 e. The average molecular weight is 453 g/mol. The third kappa shape index (κ3) is 6.63. The third-order valence-electron chi connectivity index (χ3n) is 4.56. The molecule has 144 valence electrons. The highest BCUT2D eigenvalue weighted by Gasteiger charge is 2.39. The van der Waals surface area contributed by atoms with Crippen LogP contribution in [0.4, 0.5) is 4.39 Å². The molecule has 7 heteroatoms. The highest BCUT2D eigenvalue weighted by atomic mass is 79.9. The van der Waals surface area contributed by atoms with Crippen molar-refractivity contribution < 1.29 is 13.4 Å². The molecule has 0 aliphatic rings. The molecule has 1 N–H and O–H groups in total. The molecule has 2 atom stereocenters. The van der Waals surface area contributed by atoms with E-state index in [1.807, 2.05) is 20.8 Å². The summed E-state index contributed by atoms with van der Waals surface area (Å²) in [6.45, 7) is 16.8. The molecule has 3 nitrogen and oxygen atoms in total. The zero-order valence-corrected chi connectivity index (χ0v) is 19.9. The Balaban J connectivity index is 3.07. The van der Waals surface area contributed by atoms with Gasteiger partial charge in [0, 0.05) is 21.4 Å². The fourth-order valence-corrected chi connectivity index (χ4v) is 3.94. The molecule has 1 rings (SSSR count). The van der Waals surface area contributed by atoms with Crippen molar-refractivity contribution in [2.75, 3.05) is 6.61 Å².